The first kappa shape index (κ1) is 17.8. The molecule has 1 aromatic rings. The second-order valence-electron chi connectivity index (χ2n) is 5.84. The molecule has 2 unspecified atom stereocenters. The Hall–Kier alpha value is -2.01. The second kappa shape index (κ2) is 7.91. The first-order valence-corrected chi connectivity index (χ1v) is 8.03. The average molecular weight is 355 g/mol. The molecule has 0 aliphatic carbocycles. The molecule has 2 aliphatic rings. The summed E-state index contributed by atoms with van der Waals surface area (Å²) in [5.41, 5.74) is -0.257. The lowest BCUT2D eigenvalue weighted by atomic mass is 10.1. The van der Waals surface area contributed by atoms with Crippen molar-refractivity contribution in [2.45, 2.75) is 37.4 Å². The molecule has 4 atom stereocenters. The van der Waals surface area contributed by atoms with Gasteiger partial charge in [0.15, 0.2) is 6.23 Å². The molecule has 1 aromatic heterocycles. The second-order valence-corrected chi connectivity index (χ2v) is 5.84. The molecule has 2 N–H and O–H groups in total. The minimum absolute atomic E-state index is 0.0139. The Labute approximate surface area is 143 Å². The van der Waals surface area contributed by atoms with Crippen LogP contribution in [0, 0.1) is 0 Å². The van der Waals surface area contributed by atoms with Gasteiger partial charge in [-0.2, -0.15) is 0 Å². The van der Waals surface area contributed by atoms with E-state index < -0.39 is 35.8 Å². The van der Waals surface area contributed by atoms with E-state index >= 15 is 0 Å². The number of aliphatic hydroxyl groups excluding tert-OH is 1. The predicted molar refractivity (Wildman–Crippen MR) is 85.5 cm³/mol. The lowest BCUT2D eigenvalue weighted by molar-refractivity contribution is -0.0720. The van der Waals surface area contributed by atoms with Crippen LogP contribution in [0.25, 0.3) is 0 Å². The van der Waals surface area contributed by atoms with Gasteiger partial charge in [0.05, 0.1) is 18.9 Å². The summed E-state index contributed by atoms with van der Waals surface area (Å²) in [5.74, 6) is 0. The number of aliphatic hydroxyl groups is 1. The van der Waals surface area contributed by atoms with Crippen molar-refractivity contribution < 1.29 is 24.2 Å². The number of methoxy groups -OCH3 is 1. The maximum absolute atomic E-state index is 11.9. The quantitative estimate of drug-likeness (QED) is 0.649. The van der Waals surface area contributed by atoms with E-state index in [1.165, 1.54) is 23.9 Å². The summed E-state index contributed by atoms with van der Waals surface area (Å²) in [6.45, 7) is 1.25. The zero-order valence-electron chi connectivity index (χ0n) is 13.8. The maximum Gasteiger partial charge on any atom is 0.330 e. The predicted octanol–water partition coefficient (Wildman–Crippen LogP) is -1.01. The van der Waals surface area contributed by atoms with E-state index in [1.807, 2.05) is 0 Å². The van der Waals surface area contributed by atoms with Crippen LogP contribution < -0.4 is 11.2 Å². The SMILES string of the molecule is COC1C(O)[C@@H](CON=C2CCOCC2)O[C@H]1n1ccc(=O)[nH]c1=O. The summed E-state index contributed by atoms with van der Waals surface area (Å²) in [5, 5.41) is 14.4. The van der Waals surface area contributed by atoms with Crippen LogP contribution in [0.3, 0.4) is 0 Å². The van der Waals surface area contributed by atoms with Crippen LogP contribution in [-0.2, 0) is 19.0 Å². The number of oxime groups is 1. The molecule has 3 heterocycles. The minimum Gasteiger partial charge on any atom is -0.393 e. The Morgan fingerprint density at radius 2 is 2.16 bits per heavy atom. The van der Waals surface area contributed by atoms with Crippen LogP contribution in [0.5, 0.6) is 0 Å². The van der Waals surface area contributed by atoms with Gasteiger partial charge in [0, 0.05) is 32.2 Å². The maximum atomic E-state index is 11.9. The van der Waals surface area contributed by atoms with Crippen LogP contribution in [-0.4, -0.2) is 65.6 Å². The highest BCUT2D eigenvalue weighted by molar-refractivity contribution is 5.84. The monoisotopic (exact) mass is 355 g/mol. The zero-order chi connectivity index (χ0) is 17.8. The Balaban J connectivity index is 1.68. The molecule has 2 fully saturated rings. The third kappa shape index (κ3) is 3.98. The van der Waals surface area contributed by atoms with Gasteiger partial charge >= 0.3 is 5.69 Å². The summed E-state index contributed by atoms with van der Waals surface area (Å²) in [6.07, 6.45) is -0.673. The van der Waals surface area contributed by atoms with Crippen molar-refractivity contribution in [1.29, 1.82) is 0 Å². The van der Waals surface area contributed by atoms with Gasteiger partial charge in [-0.25, -0.2) is 4.79 Å². The number of nitrogens with one attached hydrogen (secondary N) is 1. The average Bonchev–Trinajstić information content (AvgIpc) is 2.91. The van der Waals surface area contributed by atoms with E-state index in [9.17, 15) is 14.7 Å². The highest BCUT2D eigenvalue weighted by atomic mass is 16.7. The topological polar surface area (TPSA) is 124 Å². The van der Waals surface area contributed by atoms with E-state index in [-0.39, 0.29) is 6.61 Å². The summed E-state index contributed by atoms with van der Waals surface area (Å²) in [4.78, 5) is 30.6. The van der Waals surface area contributed by atoms with Gasteiger partial charge in [0.1, 0.15) is 24.9 Å². The molecule has 0 spiro atoms. The van der Waals surface area contributed by atoms with Crippen molar-refractivity contribution in [3.05, 3.63) is 33.1 Å². The van der Waals surface area contributed by atoms with E-state index in [1.54, 1.807) is 0 Å². The van der Waals surface area contributed by atoms with E-state index in [4.69, 9.17) is 19.0 Å². The van der Waals surface area contributed by atoms with Crippen LogP contribution >= 0.6 is 0 Å². The van der Waals surface area contributed by atoms with Crippen molar-refractivity contribution in [3.63, 3.8) is 0 Å². The van der Waals surface area contributed by atoms with E-state index in [2.05, 4.69) is 10.1 Å². The van der Waals surface area contributed by atoms with Gasteiger partial charge in [0.2, 0.25) is 0 Å². The number of H-pyrrole nitrogens is 1. The van der Waals surface area contributed by atoms with Crippen molar-refractivity contribution in [1.82, 2.24) is 9.55 Å². The summed E-state index contributed by atoms with van der Waals surface area (Å²) < 4.78 is 17.4. The molecular formula is C15H21N3O7. The molecule has 0 amide bonds. The minimum atomic E-state index is -1.01. The van der Waals surface area contributed by atoms with Crippen LogP contribution in [0.4, 0.5) is 0 Å². The van der Waals surface area contributed by atoms with E-state index in [0.29, 0.717) is 26.1 Å². The number of rotatable bonds is 5. The number of hydrogen-bond acceptors (Lipinski definition) is 8. The van der Waals surface area contributed by atoms with Crippen LogP contribution in [0.1, 0.15) is 19.1 Å². The lowest BCUT2D eigenvalue weighted by Crippen LogP contribution is -2.38. The largest absolute Gasteiger partial charge is 0.393 e. The molecular weight excluding hydrogens is 334 g/mol. The van der Waals surface area contributed by atoms with Gasteiger partial charge in [-0.05, 0) is 0 Å². The molecule has 10 nitrogen and oxygen atoms in total. The van der Waals surface area contributed by atoms with Gasteiger partial charge in [0.25, 0.3) is 5.56 Å². The molecule has 0 bridgehead atoms. The van der Waals surface area contributed by atoms with Gasteiger partial charge < -0.3 is 24.2 Å². The number of aromatic amines is 1. The molecule has 2 saturated heterocycles. The van der Waals surface area contributed by atoms with Gasteiger partial charge in [-0.3, -0.25) is 14.3 Å². The molecule has 0 saturated carbocycles. The highest BCUT2D eigenvalue weighted by Gasteiger charge is 2.45. The van der Waals surface area contributed by atoms with Gasteiger partial charge in [-0.1, -0.05) is 5.16 Å². The van der Waals surface area contributed by atoms with Crippen molar-refractivity contribution in [2.75, 3.05) is 26.9 Å². The van der Waals surface area contributed by atoms with Gasteiger partial charge in [-0.15, -0.1) is 0 Å². The molecule has 0 aromatic carbocycles. The third-order valence-electron chi connectivity index (χ3n) is 4.21. The van der Waals surface area contributed by atoms with Crippen molar-refractivity contribution in [2.24, 2.45) is 5.16 Å². The normalized spacial score (nSPS) is 29.6. The third-order valence-corrected chi connectivity index (χ3v) is 4.21. The highest BCUT2D eigenvalue weighted by Crippen LogP contribution is 2.30. The first-order chi connectivity index (χ1) is 12.1. The Kier molecular flexibility index (Phi) is 5.63. The number of nitrogens with zero attached hydrogens (tertiary/aromatic N) is 2. The number of hydrogen-bond donors (Lipinski definition) is 2. The summed E-state index contributed by atoms with van der Waals surface area (Å²) in [7, 11) is 1.41. The van der Waals surface area contributed by atoms with Crippen LogP contribution in [0.15, 0.2) is 27.0 Å². The number of ether oxygens (including phenoxy) is 3. The van der Waals surface area contributed by atoms with E-state index in [0.717, 1.165) is 5.71 Å². The fourth-order valence-electron chi connectivity index (χ4n) is 2.86. The molecule has 138 valence electrons. The van der Waals surface area contributed by atoms with Crippen molar-refractivity contribution >= 4 is 5.71 Å². The molecule has 0 radical (unpaired) electrons. The lowest BCUT2D eigenvalue weighted by Gasteiger charge is -2.19. The fourth-order valence-corrected chi connectivity index (χ4v) is 2.86. The summed E-state index contributed by atoms with van der Waals surface area (Å²) in [6, 6.07) is 1.20. The Morgan fingerprint density at radius 3 is 2.84 bits per heavy atom. The molecule has 25 heavy (non-hydrogen) atoms. The summed E-state index contributed by atoms with van der Waals surface area (Å²) >= 11 is 0. The van der Waals surface area contributed by atoms with Crippen molar-refractivity contribution in [3.8, 4) is 0 Å². The molecule has 10 heteroatoms. The smallest absolute Gasteiger partial charge is 0.330 e. The van der Waals surface area contributed by atoms with Crippen LogP contribution in [0.2, 0.25) is 0 Å². The molecule has 2 aliphatic heterocycles. The Bertz CT molecular complexity index is 720. The first-order valence-electron chi connectivity index (χ1n) is 8.03. The Morgan fingerprint density at radius 1 is 1.40 bits per heavy atom. The number of aromatic nitrogens is 2. The molecule has 3 rings (SSSR count). The zero-order valence-corrected chi connectivity index (χ0v) is 13.8. The fraction of sp³-hybridized carbons (Fsp3) is 0.667. The standard InChI is InChI=1S/C15H21N3O7/c1-22-13-12(20)10(8-24-17-9-3-6-23-7-4-9)25-14(13)18-5-2-11(19)16-15(18)21/h2,5,10,12-14,20H,3-4,6-8H2,1H3,(H,16,19,21)/t10-,12?,13?,14-/m1/s1.